The van der Waals surface area contributed by atoms with Gasteiger partial charge in [0, 0.05) is 19.0 Å². The number of benzene rings is 1. The first-order valence-electron chi connectivity index (χ1n) is 6.14. The maximum absolute atomic E-state index is 14.1. The van der Waals surface area contributed by atoms with Gasteiger partial charge in [0.05, 0.1) is 0 Å². The summed E-state index contributed by atoms with van der Waals surface area (Å²) in [6, 6.07) is 1.77. The SMILES string of the molecule is CCN(C(C)=O)C(C)(C(=O)O)c1cc(F)c(C)cc1F. The van der Waals surface area contributed by atoms with E-state index < -0.39 is 29.0 Å². The number of hydrogen-bond donors (Lipinski definition) is 1. The molecule has 20 heavy (non-hydrogen) atoms. The van der Waals surface area contributed by atoms with Crippen molar-refractivity contribution in [2.75, 3.05) is 6.54 Å². The number of hydrogen-bond acceptors (Lipinski definition) is 2. The molecule has 1 atom stereocenters. The fraction of sp³-hybridized carbons (Fsp3) is 0.429. The molecule has 0 spiro atoms. The molecule has 0 saturated heterocycles. The zero-order valence-electron chi connectivity index (χ0n) is 11.8. The van der Waals surface area contributed by atoms with Crippen LogP contribution in [0.3, 0.4) is 0 Å². The average Bonchev–Trinajstić information content (AvgIpc) is 2.33. The molecular formula is C14H17F2NO3. The molecule has 1 aromatic carbocycles. The van der Waals surface area contributed by atoms with Crippen LogP contribution >= 0.6 is 0 Å². The summed E-state index contributed by atoms with van der Waals surface area (Å²) < 4.78 is 27.7. The van der Waals surface area contributed by atoms with Crippen molar-refractivity contribution in [3.05, 3.63) is 34.9 Å². The monoisotopic (exact) mass is 285 g/mol. The van der Waals surface area contributed by atoms with Crippen LogP contribution in [-0.4, -0.2) is 28.4 Å². The summed E-state index contributed by atoms with van der Waals surface area (Å²) in [6.45, 7) is 5.39. The molecule has 0 saturated carbocycles. The maximum atomic E-state index is 14.1. The Hall–Kier alpha value is -1.98. The van der Waals surface area contributed by atoms with E-state index in [4.69, 9.17) is 0 Å². The fourth-order valence-electron chi connectivity index (χ4n) is 2.25. The summed E-state index contributed by atoms with van der Waals surface area (Å²) in [6.07, 6.45) is 0. The Bertz CT molecular complexity index is 560. The Kier molecular flexibility index (Phi) is 4.47. The van der Waals surface area contributed by atoms with Crippen LogP contribution in [0.1, 0.15) is 31.9 Å². The number of aliphatic carboxylic acids is 1. The van der Waals surface area contributed by atoms with E-state index in [9.17, 15) is 23.5 Å². The van der Waals surface area contributed by atoms with Crippen LogP contribution in [0, 0.1) is 18.6 Å². The van der Waals surface area contributed by atoms with Crippen LogP contribution < -0.4 is 0 Å². The van der Waals surface area contributed by atoms with Gasteiger partial charge in [-0.25, -0.2) is 13.6 Å². The quantitative estimate of drug-likeness (QED) is 0.924. The molecule has 110 valence electrons. The van der Waals surface area contributed by atoms with Gasteiger partial charge in [0.1, 0.15) is 11.6 Å². The van der Waals surface area contributed by atoms with Gasteiger partial charge in [0.2, 0.25) is 5.91 Å². The third-order valence-electron chi connectivity index (χ3n) is 3.43. The standard InChI is InChI=1S/C14H17F2NO3/c1-5-17(9(3)18)14(4,13(19)20)10-7-11(15)8(2)6-12(10)16/h6-7H,5H2,1-4H3,(H,19,20). The van der Waals surface area contributed by atoms with E-state index in [1.807, 2.05) is 0 Å². The minimum absolute atomic E-state index is 0.0626. The number of carboxylic acid groups (broad SMARTS) is 1. The van der Waals surface area contributed by atoms with E-state index in [1.54, 1.807) is 6.92 Å². The largest absolute Gasteiger partial charge is 0.479 e. The van der Waals surface area contributed by atoms with Crippen molar-refractivity contribution in [1.82, 2.24) is 4.90 Å². The molecule has 0 aromatic heterocycles. The highest BCUT2D eigenvalue weighted by atomic mass is 19.1. The second kappa shape index (κ2) is 5.56. The molecule has 1 rings (SSSR count). The van der Waals surface area contributed by atoms with Crippen molar-refractivity contribution in [2.24, 2.45) is 0 Å². The minimum Gasteiger partial charge on any atom is -0.479 e. The molecule has 0 aliphatic carbocycles. The summed E-state index contributed by atoms with van der Waals surface area (Å²) in [5.41, 5.74) is -2.26. The fourth-order valence-corrected chi connectivity index (χ4v) is 2.25. The van der Waals surface area contributed by atoms with Gasteiger partial charge in [-0.3, -0.25) is 4.79 Å². The predicted molar refractivity (Wildman–Crippen MR) is 69.1 cm³/mol. The molecule has 4 nitrogen and oxygen atoms in total. The van der Waals surface area contributed by atoms with E-state index in [0.29, 0.717) is 0 Å². The lowest BCUT2D eigenvalue weighted by atomic mass is 9.88. The summed E-state index contributed by atoms with van der Waals surface area (Å²) >= 11 is 0. The minimum atomic E-state index is -1.96. The molecular weight excluding hydrogens is 268 g/mol. The van der Waals surface area contributed by atoms with Crippen molar-refractivity contribution < 1.29 is 23.5 Å². The van der Waals surface area contributed by atoms with Gasteiger partial charge in [0.15, 0.2) is 5.54 Å². The lowest BCUT2D eigenvalue weighted by Gasteiger charge is -2.37. The second-order valence-electron chi connectivity index (χ2n) is 4.72. The zero-order valence-corrected chi connectivity index (χ0v) is 11.8. The van der Waals surface area contributed by atoms with E-state index in [-0.39, 0.29) is 17.7 Å². The molecule has 0 bridgehead atoms. The molecule has 0 aliphatic rings. The van der Waals surface area contributed by atoms with Gasteiger partial charge in [-0.15, -0.1) is 0 Å². The normalized spacial score (nSPS) is 13.7. The van der Waals surface area contributed by atoms with Crippen LogP contribution in [0.4, 0.5) is 8.78 Å². The van der Waals surface area contributed by atoms with Gasteiger partial charge < -0.3 is 10.0 Å². The van der Waals surface area contributed by atoms with E-state index in [1.165, 1.54) is 20.8 Å². The Morgan fingerprint density at radius 3 is 2.25 bits per heavy atom. The van der Waals surface area contributed by atoms with Crippen molar-refractivity contribution in [3.8, 4) is 0 Å². The number of carbonyl (C=O) groups is 2. The van der Waals surface area contributed by atoms with Crippen molar-refractivity contribution in [2.45, 2.75) is 33.2 Å². The molecule has 1 unspecified atom stereocenters. The van der Waals surface area contributed by atoms with Crippen LogP contribution in [0.15, 0.2) is 12.1 Å². The maximum Gasteiger partial charge on any atom is 0.334 e. The molecule has 1 amide bonds. The molecule has 0 aliphatic heterocycles. The first-order chi connectivity index (χ1) is 9.16. The summed E-state index contributed by atoms with van der Waals surface area (Å²) in [7, 11) is 0. The van der Waals surface area contributed by atoms with Crippen molar-refractivity contribution >= 4 is 11.9 Å². The van der Waals surface area contributed by atoms with E-state index >= 15 is 0 Å². The first-order valence-corrected chi connectivity index (χ1v) is 6.14. The van der Waals surface area contributed by atoms with Gasteiger partial charge in [0.25, 0.3) is 0 Å². The lowest BCUT2D eigenvalue weighted by molar-refractivity contribution is -0.158. The number of carbonyl (C=O) groups excluding carboxylic acids is 1. The van der Waals surface area contributed by atoms with Crippen molar-refractivity contribution in [3.63, 3.8) is 0 Å². The highest BCUT2D eigenvalue weighted by Crippen LogP contribution is 2.32. The van der Waals surface area contributed by atoms with Gasteiger partial charge in [-0.2, -0.15) is 0 Å². The Morgan fingerprint density at radius 2 is 1.85 bits per heavy atom. The Morgan fingerprint density at radius 1 is 1.30 bits per heavy atom. The van der Waals surface area contributed by atoms with Crippen molar-refractivity contribution in [1.29, 1.82) is 0 Å². The summed E-state index contributed by atoms with van der Waals surface area (Å²) in [5.74, 6) is -3.52. The van der Waals surface area contributed by atoms with Crippen LogP contribution in [0.2, 0.25) is 0 Å². The smallest absolute Gasteiger partial charge is 0.334 e. The Labute approximate surface area is 116 Å². The predicted octanol–water partition coefficient (Wildman–Crippen LogP) is 2.44. The summed E-state index contributed by atoms with van der Waals surface area (Å²) in [5, 5.41) is 9.44. The molecule has 1 aromatic rings. The van der Waals surface area contributed by atoms with Crippen LogP contribution in [-0.2, 0) is 15.1 Å². The third-order valence-corrected chi connectivity index (χ3v) is 3.43. The van der Waals surface area contributed by atoms with E-state index in [0.717, 1.165) is 17.0 Å². The lowest BCUT2D eigenvalue weighted by Crippen LogP contribution is -2.52. The third kappa shape index (κ3) is 2.50. The first kappa shape index (κ1) is 16.1. The highest BCUT2D eigenvalue weighted by molar-refractivity contribution is 5.87. The van der Waals surface area contributed by atoms with E-state index in [2.05, 4.69) is 0 Å². The number of likely N-dealkylation sites (N-methyl/N-ethyl adjacent to an activating group) is 1. The highest BCUT2D eigenvalue weighted by Gasteiger charge is 2.44. The molecule has 0 heterocycles. The van der Waals surface area contributed by atoms with Gasteiger partial charge in [-0.1, -0.05) is 0 Å². The second-order valence-corrected chi connectivity index (χ2v) is 4.72. The van der Waals surface area contributed by atoms with Gasteiger partial charge >= 0.3 is 5.97 Å². The number of nitrogens with zero attached hydrogens (tertiary/aromatic N) is 1. The molecule has 0 fully saturated rings. The van der Waals surface area contributed by atoms with Crippen LogP contribution in [0.5, 0.6) is 0 Å². The summed E-state index contributed by atoms with van der Waals surface area (Å²) in [4.78, 5) is 24.2. The van der Waals surface area contributed by atoms with Gasteiger partial charge in [-0.05, 0) is 38.5 Å². The molecule has 1 N–H and O–H groups in total. The molecule has 0 radical (unpaired) electrons. The number of amides is 1. The number of carboxylic acids is 1. The number of aryl methyl sites for hydroxylation is 1. The molecule has 6 heteroatoms. The number of rotatable bonds is 4. The number of halogens is 2. The topological polar surface area (TPSA) is 57.6 Å². The van der Waals surface area contributed by atoms with Crippen LogP contribution in [0.25, 0.3) is 0 Å². The Balaban J connectivity index is 3.60. The average molecular weight is 285 g/mol. The zero-order chi connectivity index (χ0) is 15.7.